The Morgan fingerprint density at radius 2 is 1.92 bits per heavy atom. The molecule has 0 amide bonds. The summed E-state index contributed by atoms with van der Waals surface area (Å²) in [7, 11) is 0. The molecular weight excluding hydrogens is 167 g/mol. The number of alkyl halides is 1. The number of hydrogen-bond donors (Lipinski definition) is 3. The molecule has 1 aliphatic heterocycles. The molecule has 4 nitrogen and oxygen atoms in total. The van der Waals surface area contributed by atoms with Gasteiger partial charge in [-0.1, -0.05) is 0 Å². The molecule has 5 heteroatoms. The number of rotatable bonds is 1. The van der Waals surface area contributed by atoms with E-state index in [4.69, 9.17) is 20.1 Å². The maximum atomic E-state index is 13.0. The lowest BCUT2D eigenvalue weighted by atomic mass is 9.97. The van der Waals surface area contributed by atoms with Gasteiger partial charge in [0.1, 0.15) is 18.3 Å². The first kappa shape index (κ1) is 9.85. The van der Waals surface area contributed by atoms with E-state index in [0.29, 0.717) is 0 Å². The van der Waals surface area contributed by atoms with E-state index >= 15 is 0 Å². The molecule has 1 saturated heterocycles. The van der Waals surface area contributed by atoms with Crippen molar-refractivity contribution in [2.45, 2.75) is 37.5 Å². The van der Waals surface area contributed by atoms with Crippen LogP contribution in [0.1, 0.15) is 6.92 Å². The van der Waals surface area contributed by atoms with E-state index in [1.165, 1.54) is 6.92 Å². The van der Waals surface area contributed by atoms with Crippen LogP contribution >= 0.6 is 0 Å². The van der Waals surface area contributed by atoms with Crippen molar-refractivity contribution >= 4 is 0 Å². The molecule has 1 aliphatic rings. The third-order valence-electron chi connectivity index (χ3n) is 2.08. The summed E-state index contributed by atoms with van der Waals surface area (Å²) in [5.41, 5.74) is 0. The van der Waals surface area contributed by atoms with E-state index in [1.807, 2.05) is 0 Å². The second-order valence-electron chi connectivity index (χ2n) is 2.99. The second-order valence-corrected chi connectivity index (χ2v) is 2.99. The van der Waals surface area contributed by atoms with Crippen molar-refractivity contribution in [3.63, 3.8) is 0 Å². The molecule has 0 aromatic carbocycles. The summed E-state index contributed by atoms with van der Waals surface area (Å²) in [6.07, 6.45) is -6.09. The van der Waals surface area contributed by atoms with Crippen molar-refractivity contribution < 1.29 is 24.4 Å². The number of hydrogen-bond acceptors (Lipinski definition) is 4. The highest BCUT2D eigenvalue weighted by molar-refractivity contribution is 4.90. The molecule has 0 spiro atoms. The van der Waals surface area contributed by atoms with Crippen molar-refractivity contribution in [1.29, 1.82) is 0 Å². The first-order chi connectivity index (χ1) is 5.57. The third-order valence-corrected chi connectivity index (χ3v) is 2.08. The molecule has 3 N–H and O–H groups in total. The van der Waals surface area contributed by atoms with Gasteiger partial charge < -0.3 is 20.1 Å². The minimum Gasteiger partial charge on any atom is -0.394 e. The topological polar surface area (TPSA) is 69.9 Å². The highest BCUT2D eigenvalue weighted by atomic mass is 19.1. The monoisotopic (exact) mass is 180 g/mol. The standard InChI is InChI=1S/C7H13FO4/c1-3-6(10)7(11)5(8)4(2-9)12-3/h3-7,9-11H,2H2,1H3/t3?,4?,5-,6+,7+/m1/s1. The molecule has 0 radical (unpaired) electrons. The molecule has 72 valence electrons. The number of aliphatic hydroxyl groups is 3. The Labute approximate surface area is 69.6 Å². The van der Waals surface area contributed by atoms with Gasteiger partial charge in [0.2, 0.25) is 0 Å². The Kier molecular flexibility index (Phi) is 3.00. The van der Waals surface area contributed by atoms with Gasteiger partial charge in [-0.15, -0.1) is 0 Å². The van der Waals surface area contributed by atoms with Gasteiger partial charge in [0.15, 0.2) is 6.17 Å². The minimum atomic E-state index is -1.72. The lowest BCUT2D eigenvalue weighted by molar-refractivity contribution is -0.205. The average Bonchev–Trinajstić information content (AvgIpc) is 2.08. The maximum absolute atomic E-state index is 13.0. The maximum Gasteiger partial charge on any atom is 0.157 e. The van der Waals surface area contributed by atoms with E-state index in [9.17, 15) is 4.39 Å². The summed E-state index contributed by atoms with van der Waals surface area (Å²) in [6.45, 7) is 1.03. The van der Waals surface area contributed by atoms with E-state index < -0.39 is 37.2 Å². The van der Waals surface area contributed by atoms with Crippen molar-refractivity contribution in [2.75, 3.05) is 6.61 Å². The van der Waals surface area contributed by atoms with Gasteiger partial charge in [-0.2, -0.15) is 0 Å². The summed E-state index contributed by atoms with van der Waals surface area (Å²) in [5.74, 6) is 0. The SMILES string of the molecule is CC1OC(CO)[C@@H](F)[C@H](O)[C@H]1O. The van der Waals surface area contributed by atoms with Gasteiger partial charge in [-0.25, -0.2) is 4.39 Å². The fourth-order valence-corrected chi connectivity index (χ4v) is 1.26. The van der Waals surface area contributed by atoms with Crippen LogP contribution in [0.2, 0.25) is 0 Å². The molecule has 0 saturated carbocycles. The van der Waals surface area contributed by atoms with Gasteiger partial charge in [-0.3, -0.25) is 0 Å². The molecule has 12 heavy (non-hydrogen) atoms. The molecule has 0 aliphatic carbocycles. The van der Waals surface area contributed by atoms with Crippen molar-refractivity contribution in [3.8, 4) is 0 Å². The van der Waals surface area contributed by atoms with Crippen LogP contribution in [0, 0.1) is 0 Å². The number of aliphatic hydroxyl groups excluding tert-OH is 3. The summed E-state index contributed by atoms with van der Waals surface area (Å²) in [6, 6.07) is 0. The Balaban J connectivity index is 2.63. The first-order valence-electron chi connectivity index (χ1n) is 3.84. The molecule has 0 aromatic rings. The summed E-state index contributed by atoms with van der Waals surface area (Å²) in [4.78, 5) is 0. The van der Waals surface area contributed by atoms with Crippen molar-refractivity contribution in [1.82, 2.24) is 0 Å². The molecule has 0 aromatic heterocycles. The average molecular weight is 180 g/mol. The van der Waals surface area contributed by atoms with Gasteiger partial charge in [-0.05, 0) is 6.92 Å². The second kappa shape index (κ2) is 3.66. The molecule has 1 heterocycles. The number of halogens is 1. The van der Waals surface area contributed by atoms with E-state index in [2.05, 4.69) is 0 Å². The van der Waals surface area contributed by atoms with Crippen molar-refractivity contribution in [3.05, 3.63) is 0 Å². The Morgan fingerprint density at radius 3 is 2.42 bits per heavy atom. The van der Waals surface area contributed by atoms with Crippen LogP contribution in [0.5, 0.6) is 0 Å². The van der Waals surface area contributed by atoms with Gasteiger partial charge in [0.05, 0.1) is 12.7 Å². The zero-order chi connectivity index (χ0) is 9.30. The Bertz CT molecular complexity index is 150. The van der Waals surface area contributed by atoms with Crippen molar-refractivity contribution in [2.24, 2.45) is 0 Å². The van der Waals surface area contributed by atoms with Gasteiger partial charge in [0, 0.05) is 0 Å². The molecule has 5 atom stereocenters. The van der Waals surface area contributed by atoms with Crippen LogP contribution in [-0.4, -0.2) is 52.5 Å². The quantitative estimate of drug-likeness (QED) is 0.475. The lowest BCUT2D eigenvalue weighted by Crippen LogP contribution is -2.55. The molecule has 1 fully saturated rings. The van der Waals surface area contributed by atoms with E-state index in [0.717, 1.165) is 0 Å². The van der Waals surface area contributed by atoms with E-state index in [-0.39, 0.29) is 0 Å². The Morgan fingerprint density at radius 1 is 1.33 bits per heavy atom. The third kappa shape index (κ3) is 1.59. The van der Waals surface area contributed by atoms with Crippen LogP contribution in [0.25, 0.3) is 0 Å². The minimum absolute atomic E-state index is 0.491. The summed E-state index contributed by atoms with van der Waals surface area (Å²) >= 11 is 0. The zero-order valence-corrected chi connectivity index (χ0v) is 6.72. The van der Waals surface area contributed by atoms with Crippen LogP contribution in [0.4, 0.5) is 4.39 Å². The zero-order valence-electron chi connectivity index (χ0n) is 6.72. The fourth-order valence-electron chi connectivity index (χ4n) is 1.26. The summed E-state index contributed by atoms with van der Waals surface area (Å²) < 4.78 is 17.9. The fraction of sp³-hybridized carbons (Fsp3) is 1.00. The molecular formula is C7H13FO4. The van der Waals surface area contributed by atoms with Crippen LogP contribution in [0.3, 0.4) is 0 Å². The lowest BCUT2D eigenvalue weighted by Gasteiger charge is -2.37. The Hall–Kier alpha value is -0.230. The predicted molar refractivity (Wildman–Crippen MR) is 38.3 cm³/mol. The van der Waals surface area contributed by atoms with Crippen LogP contribution in [-0.2, 0) is 4.74 Å². The van der Waals surface area contributed by atoms with Crippen LogP contribution < -0.4 is 0 Å². The smallest absolute Gasteiger partial charge is 0.157 e. The summed E-state index contributed by atoms with van der Waals surface area (Å²) in [5, 5.41) is 26.9. The molecule has 0 bridgehead atoms. The van der Waals surface area contributed by atoms with Gasteiger partial charge >= 0.3 is 0 Å². The molecule has 1 rings (SSSR count). The largest absolute Gasteiger partial charge is 0.394 e. The van der Waals surface area contributed by atoms with E-state index in [1.54, 1.807) is 0 Å². The molecule has 2 unspecified atom stereocenters. The number of ether oxygens (including phenoxy) is 1. The highest BCUT2D eigenvalue weighted by Gasteiger charge is 2.42. The predicted octanol–water partition coefficient (Wildman–Crippen LogP) is -1.17. The normalized spacial score (nSPS) is 49.2. The van der Waals surface area contributed by atoms with Gasteiger partial charge in [0.25, 0.3) is 0 Å². The highest BCUT2D eigenvalue weighted by Crippen LogP contribution is 2.22. The first-order valence-corrected chi connectivity index (χ1v) is 3.84. The van der Waals surface area contributed by atoms with Crippen LogP contribution in [0.15, 0.2) is 0 Å².